The van der Waals surface area contributed by atoms with Crippen LogP contribution in [-0.4, -0.2) is 0 Å². The largest absolute Gasteiger partial charge is 0.457 e. The van der Waals surface area contributed by atoms with Crippen LogP contribution < -0.4 is 18.9 Å². The summed E-state index contributed by atoms with van der Waals surface area (Å²) in [7, 11) is 0. The molecule has 4 nitrogen and oxygen atoms in total. The van der Waals surface area contributed by atoms with Crippen molar-refractivity contribution in [3.63, 3.8) is 0 Å². The summed E-state index contributed by atoms with van der Waals surface area (Å²) >= 11 is 0. The predicted octanol–water partition coefficient (Wildman–Crippen LogP) is 13.4. The molecule has 7 aromatic rings. The summed E-state index contributed by atoms with van der Waals surface area (Å²) in [5.41, 5.74) is 8.59. The molecule has 0 atom stereocenters. The summed E-state index contributed by atoms with van der Waals surface area (Å²) < 4.78 is 25.5. The first-order valence-corrected chi connectivity index (χ1v) is 16.7. The van der Waals surface area contributed by atoms with E-state index < -0.39 is 0 Å². The monoisotopic (exact) mass is 654 g/mol. The Morgan fingerprint density at radius 1 is 0.260 bits per heavy atom. The van der Waals surface area contributed by atoms with Crippen LogP contribution in [0.15, 0.2) is 158 Å². The second kappa shape index (κ2) is 14.5. The zero-order chi connectivity index (χ0) is 34.5. The SMILES string of the molecule is Cc1ccc(Oc2ccc(-c3ccc(Oc4ccc(C)cc4)cc3-c3ccc(Oc4ccc(C)cc4)cc3Oc3ccc(C)cc3)cc2)cc1. The van der Waals surface area contributed by atoms with Gasteiger partial charge in [0, 0.05) is 11.6 Å². The maximum Gasteiger partial charge on any atom is 0.138 e. The third-order valence-corrected chi connectivity index (χ3v) is 8.42. The molecule has 0 amide bonds. The smallest absolute Gasteiger partial charge is 0.138 e. The summed E-state index contributed by atoms with van der Waals surface area (Å²) in [5.74, 6) is 5.87. The molecule has 0 heterocycles. The molecule has 4 heteroatoms. The summed E-state index contributed by atoms with van der Waals surface area (Å²) in [6.07, 6.45) is 0. The van der Waals surface area contributed by atoms with E-state index >= 15 is 0 Å². The van der Waals surface area contributed by atoms with Gasteiger partial charge in [0.2, 0.25) is 0 Å². The number of benzene rings is 7. The van der Waals surface area contributed by atoms with Crippen LogP contribution in [0.3, 0.4) is 0 Å². The van der Waals surface area contributed by atoms with E-state index in [-0.39, 0.29) is 0 Å². The molecule has 0 saturated carbocycles. The lowest BCUT2D eigenvalue weighted by Crippen LogP contribution is -1.94. The highest BCUT2D eigenvalue weighted by atomic mass is 16.5. The molecule has 0 spiro atoms. The van der Waals surface area contributed by atoms with E-state index in [0.29, 0.717) is 17.2 Å². The van der Waals surface area contributed by atoms with E-state index in [4.69, 9.17) is 18.9 Å². The Hall–Kier alpha value is -6.26. The molecule has 7 aromatic carbocycles. The van der Waals surface area contributed by atoms with Crippen molar-refractivity contribution >= 4 is 0 Å². The number of rotatable bonds is 10. The first-order valence-electron chi connectivity index (χ1n) is 16.7. The van der Waals surface area contributed by atoms with Crippen molar-refractivity contribution in [1.29, 1.82) is 0 Å². The Kier molecular flexibility index (Phi) is 9.35. The van der Waals surface area contributed by atoms with Crippen molar-refractivity contribution in [2.45, 2.75) is 27.7 Å². The van der Waals surface area contributed by atoms with Gasteiger partial charge >= 0.3 is 0 Å². The molecule has 0 bridgehead atoms. The van der Waals surface area contributed by atoms with Crippen LogP contribution in [0.1, 0.15) is 22.3 Å². The number of hydrogen-bond acceptors (Lipinski definition) is 4. The van der Waals surface area contributed by atoms with Crippen molar-refractivity contribution in [2.75, 3.05) is 0 Å². The normalized spacial score (nSPS) is 10.8. The molecule has 0 aromatic heterocycles. The third-order valence-electron chi connectivity index (χ3n) is 8.42. The fraction of sp³-hybridized carbons (Fsp3) is 0.0870. The van der Waals surface area contributed by atoms with E-state index in [9.17, 15) is 0 Å². The first kappa shape index (κ1) is 32.3. The molecule has 0 fully saturated rings. The van der Waals surface area contributed by atoms with E-state index in [2.05, 4.69) is 58.0 Å². The Bertz CT molecular complexity index is 2200. The quantitative estimate of drug-likeness (QED) is 0.147. The molecule has 0 aliphatic rings. The minimum absolute atomic E-state index is 0.659. The minimum Gasteiger partial charge on any atom is -0.457 e. The van der Waals surface area contributed by atoms with E-state index in [1.807, 2.05) is 127 Å². The molecule has 0 aliphatic carbocycles. The topological polar surface area (TPSA) is 36.9 Å². The van der Waals surface area contributed by atoms with Crippen molar-refractivity contribution in [2.24, 2.45) is 0 Å². The van der Waals surface area contributed by atoms with Crippen molar-refractivity contribution in [3.8, 4) is 68.2 Å². The van der Waals surface area contributed by atoms with Crippen LogP contribution >= 0.6 is 0 Å². The van der Waals surface area contributed by atoms with Gasteiger partial charge < -0.3 is 18.9 Å². The van der Waals surface area contributed by atoms with Crippen LogP contribution in [-0.2, 0) is 0 Å². The van der Waals surface area contributed by atoms with Crippen LogP contribution in [0.5, 0.6) is 46.0 Å². The molecule has 246 valence electrons. The Labute approximate surface area is 294 Å². The Morgan fingerprint density at radius 3 is 1.02 bits per heavy atom. The predicted molar refractivity (Wildman–Crippen MR) is 202 cm³/mol. The minimum atomic E-state index is 0.659. The lowest BCUT2D eigenvalue weighted by atomic mass is 9.93. The molecule has 0 aliphatic heterocycles. The van der Waals surface area contributed by atoms with Gasteiger partial charge in [-0.3, -0.25) is 0 Å². The summed E-state index contributed by atoms with van der Waals surface area (Å²) in [6.45, 7) is 8.25. The van der Waals surface area contributed by atoms with Crippen molar-refractivity contribution in [3.05, 3.63) is 180 Å². The summed E-state index contributed by atoms with van der Waals surface area (Å²) in [4.78, 5) is 0. The summed E-state index contributed by atoms with van der Waals surface area (Å²) in [6, 6.07) is 52.5. The maximum atomic E-state index is 6.63. The van der Waals surface area contributed by atoms with Gasteiger partial charge in [-0.1, -0.05) is 89.0 Å². The van der Waals surface area contributed by atoms with Gasteiger partial charge in [0.1, 0.15) is 46.0 Å². The average molecular weight is 655 g/mol. The van der Waals surface area contributed by atoms with E-state index in [0.717, 1.165) is 56.6 Å². The maximum absolute atomic E-state index is 6.63. The zero-order valence-corrected chi connectivity index (χ0v) is 28.6. The first-order chi connectivity index (χ1) is 24.3. The molecular weight excluding hydrogens is 617 g/mol. The average Bonchev–Trinajstić information content (AvgIpc) is 3.13. The fourth-order valence-electron chi connectivity index (χ4n) is 5.60. The fourth-order valence-corrected chi connectivity index (χ4v) is 5.60. The van der Waals surface area contributed by atoms with Gasteiger partial charge in [0.15, 0.2) is 0 Å². The van der Waals surface area contributed by atoms with Gasteiger partial charge in [-0.2, -0.15) is 0 Å². The molecular formula is C46H38O4. The van der Waals surface area contributed by atoms with Crippen LogP contribution in [0.25, 0.3) is 22.3 Å². The van der Waals surface area contributed by atoms with Crippen LogP contribution in [0.2, 0.25) is 0 Å². The highest BCUT2D eigenvalue weighted by molar-refractivity contribution is 5.87. The van der Waals surface area contributed by atoms with E-state index in [1.54, 1.807) is 0 Å². The van der Waals surface area contributed by atoms with Gasteiger partial charge in [-0.25, -0.2) is 0 Å². The molecule has 50 heavy (non-hydrogen) atoms. The van der Waals surface area contributed by atoms with Crippen LogP contribution in [0.4, 0.5) is 0 Å². The summed E-state index contributed by atoms with van der Waals surface area (Å²) in [5, 5.41) is 0. The van der Waals surface area contributed by atoms with Gasteiger partial charge in [0.05, 0.1) is 0 Å². The number of aryl methyl sites for hydroxylation is 4. The standard InChI is InChI=1S/C46H38O4/c1-31-5-15-36(16-6-31)47-39-23-13-35(14-24-39)43-27-25-41(48-37-17-7-32(2)8-18-37)29-45(43)44-28-26-42(49-38-19-9-33(3)10-20-38)30-46(44)50-40-21-11-34(4)12-22-40/h5-30H,1-4H3. The molecule has 0 radical (unpaired) electrons. The van der Waals surface area contributed by atoms with Crippen LogP contribution in [0, 0.1) is 27.7 Å². The second-order valence-corrected chi connectivity index (χ2v) is 12.6. The van der Waals surface area contributed by atoms with Gasteiger partial charge in [-0.05, 0) is 129 Å². The molecule has 0 N–H and O–H groups in total. The number of hydrogen-bond donors (Lipinski definition) is 0. The Morgan fingerprint density at radius 2 is 0.580 bits per heavy atom. The van der Waals surface area contributed by atoms with E-state index in [1.165, 1.54) is 16.7 Å². The van der Waals surface area contributed by atoms with Crippen molar-refractivity contribution < 1.29 is 18.9 Å². The highest BCUT2D eigenvalue weighted by Crippen LogP contribution is 2.44. The Balaban J connectivity index is 1.31. The number of ether oxygens (including phenoxy) is 4. The third kappa shape index (κ3) is 7.88. The van der Waals surface area contributed by atoms with Crippen molar-refractivity contribution in [1.82, 2.24) is 0 Å². The second-order valence-electron chi connectivity index (χ2n) is 12.6. The molecule has 0 unspecified atom stereocenters. The molecule has 7 rings (SSSR count). The zero-order valence-electron chi connectivity index (χ0n) is 28.6. The highest BCUT2D eigenvalue weighted by Gasteiger charge is 2.17. The van der Waals surface area contributed by atoms with Gasteiger partial charge in [-0.15, -0.1) is 0 Å². The lowest BCUT2D eigenvalue weighted by Gasteiger charge is -2.18. The van der Waals surface area contributed by atoms with Gasteiger partial charge in [0.25, 0.3) is 0 Å². The lowest BCUT2D eigenvalue weighted by molar-refractivity contribution is 0.461. The molecule has 0 saturated heterocycles.